The molecule has 0 aromatic heterocycles. The second-order valence-corrected chi connectivity index (χ2v) is 8.39. The highest BCUT2D eigenvalue weighted by atomic mass is 16.6. The Bertz CT molecular complexity index is 1330. The number of rotatable bonds is 12. The Hall–Kier alpha value is -5.05. The maximum atomic E-state index is 12.9. The van der Waals surface area contributed by atoms with Crippen molar-refractivity contribution >= 4 is 17.2 Å². The third-order valence-electron chi connectivity index (χ3n) is 5.86. The van der Waals surface area contributed by atoms with E-state index in [-0.39, 0.29) is 42.8 Å². The zero-order chi connectivity index (χ0) is 26.9. The van der Waals surface area contributed by atoms with Gasteiger partial charge in [0.25, 0.3) is 11.4 Å². The summed E-state index contributed by atoms with van der Waals surface area (Å²) in [7, 11) is 0. The Morgan fingerprint density at radius 1 is 0.579 bits per heavy atom. The number of ether oxygens (including phenoxy) is 2. The van der Waals surface area contributed by atoms with Crippen LogP contribution in [0.5, 0.6) is 23.0 Å². The lowest BCUT2D eigenvalue weighted by Crippen LogP contribution is -2.07. The lowest BCUT2D eigenvalue weighted by molar-refractivity contribution is -0.385. The molecule has 192 valence electrons. The minimum Gasteiger partial charge on any atom is -0.457 e. The molecule has 38 heavy (non-hydrogen) atoms. The van der Waals surface area contributed by atoms with E-state index in [9.17, 15) is 25.0 Å². The van der Waals surface area contributed by atoms with Crippen LogP contribution >= 0.6 is 0 Å². The number of para-hydroxylation sites is 2. The molecule has 0 aliphatic carbocycles. The zero-order valence-corrected chi connectivity index (χ0v) is 20.3. The van der Waals surface area contributed by atoms with Gasteiger partial charge >= 0.3 is 0 Å². The number of Topliss-reactive ketones (excluding diaryl/α,β-unsaturated/α-hetero) is 1. The Morgan fingerprint density at radius 2 is 0.974 bits per heavy atom. The molecule has 0 radical (unpaired) electrons. The van der Waals surface area contributed by atoms with Crippen molar-refractivity contribution in [2.45, 2.75) is 25.7 Å². The predicted molar refractivity (Wildman–Crippen MR) is 141 cm³/mol. The molecule has 0 aliphatic rings. The van der Waals surface area contributed by atoms with Crippen LogP contribution in [-0.2, 0) is 17.6 Å². The first-order valence-electron chi connectivity index (χ1n) is 11.9. The van der Waals surface area contributed by atoms with Crippen molar-refractivity contribution in [3.63, 3.8) is 0 Å². The maximum Gasteiger partial charge on any atom is 0.276 e. The molecule has 9 nitrogen and oxygen atoms in total. The van der Waals surface area contributed by atoms with Gasteiger partial charge in [0, 0.05) is 25.0 Å². The summed E-state index contributed by atoms with van der Waals surface area (Å²) in [5.74, 6) is 1.44. The third kappa shape index (κ3) is 6.58. The summed E-state index contributed by atoms with van der Waals surface area (Å²) in [5.41, 5.74) is 0.356. The molecule has 0 fully saturated rings. The Balaban J connectivity index is 1.49. The summed E-state index contributed by atoms with van der Waals surface area (Å²) in [6, 6.07) is 26.8. The molecule has 0 amide bonds. The average Bonchev–Trinajstić information content (AvgIpc) is 2.92. The van der Waals surface area contributed by atoms with Gasteiger partial charge in [0.2, 0.25) is 0 Å². The first kappa shape index (κ1) is 26.0. The number of hydrogen-bond donors (Lipinski definition) is 0. The fourth-order valence-corrected chi connectivity index (χ4v) is 4.03. The fourth-order valence-electron chi connectivity index (χ4n) is 4.03. The highest BCUT2D eigenvalue weighted by molar-refractivity contribution is 5.79. The van der Waals surface area contributed by atoms with E-state index < -0.39 is 9.85 Å². The van der Waals surface area contributed by atoms with Gasteiger partial charge in [-0.15, -0.1) is 0 Å². The van der Waals surface area contributed by atoms with Crippen LogP contribution in [0.4, 0.5) is 11.4 Å². The summed E-state index contributed by atoms with van der Waals surface area (Å²) in [6.45, 7) is 0. The van der Waals surface area contributed by atoms with Gasteiger partial charge in [0.05, 0.1) is 21.0 Å². The molecule has 0 atom stereocenters. The van der Waals surface area contributed by atoms with Gasteiger partial charge in [-0.1, -0.05) is 48.5 Å². The molecule has 9 heteroatoms. The smallest absolute Gasteiger partial charge is 0.276 e. The van der Waals surface area contributed by atoms with Crippen LogP contribution in [0, 0.1) is 20.2 Å². The SMILES string of the molecule is O=C(CCc1c(Oc2ccccc2)cccc1[N+](=O)[O-])CCc1c(Oc2ccccc2)cccc1[N+](=O)[O-]. The fraction of sp³-hybridized carbons (Fsp3) is 0.138. The van der Waals surface area contributed by atoms with E-state index in [1.165, 1.54) is 24.3 Å². The molecule has 0 spiro atoms. The molecule has 0 saturated carbocycles. The second-order valence-electron chi connectivity index (χ2n) is 8.39. The highest BCUT2D eigenvalue weighted by Gasteiger charge is 2.22. The molecule has 4 rings (SSSR count). The largest absolute Gasteiger partial charge is 0.457 e. The molecule has 0 heterocycles. The topological polar surface area (TPSA) is 122 Å². The van der Waals surface area contributed by atoms with E-state index in [1.54, 1.807) is 60.7 Å². The molecule has 0 bridgehead atoms. The van der Waals surface area contributed by atoms with Crippen LogP contribution in [0.3, 0.4) is 0 Å². The van der Waals surface area contributed by atoms with E-state index in [0.717, 1.165) is 0 Å². The van der Waals surface area contributed by atoms with E-state index in [0.29, 0.717) is 34.1 Å². The standard InChI is InChI=1S/C29H24N2O7/c32-21(17-19-24-26(30(33)34)13-7-15-28(24)37-22-9-3-1-4-10-22)18-20-25-27(31(35)36)14-8-16-29(25)38-23-11-5-2-6-12-23/h1-16H,17-20H2. The van der Waals surface area contributed by atoms with Gasteiger partial charge in [-0.05, 0) is 49.2 Å². The van der Waals surface area contributed by atoms with Crippen LogP contribution < -0.4 is 9.47 Å². The van der Waals surface area contributed by atoms with Crippen LogP contribution in [0.15, 0.2) is 97.1 Å². The second kappa shape index (κ2) is 12.3. The first-order chi connectivity index (χ1) is 18.4. The number of benzene rings is 4. The Morgan fingerprint density at radius 3 is 1.34 bits per heavy atom. The number of hydrogen-bond acceptors (Lipinski definition) is 7. The Kier molecular flexibility index (Phi) is 8.40. The summed E-state index contributed by atoms with van der Waals surface area (Å²) in [4.78, 5) is 35.2. The first-order valence-corrected chi connectivity index (χ1v) is 11.9. The molecule has 0 saturated heterocycles. The number of carbonyl (C=O) groups is 1. The number of carbonyl (C=O) groups excluding carboxylic acids is 1. The van der Waals surface area contributed by atoms with Gasteiger partial charge in [0.15, 0.2) is 0 Å². The summed E-state index contributed by atoms with van der Waals surface area (Å²) in [6.07, 6.45) is 0.182. The van der Waals surface area contributed by atoms with Gasteiger partial charge in [-0.3, -0.25) is 25.0 Å². The van der Waals surface area contributed by atoms with Gasteiger partial charge < -0.3 is 9.47 Å². The van der Waals surface area contributed by atoms with Crippen molar-refractivity contribution in [3.8, 4) is 23.0 Å². The maximum absolute atomic E-state index is 12.9. The molecule has 0 unspecified atom stereocenters. The molecular weight excluding hydrogens is 488 g/mol. The van der Waals surface area contributed by atoms with Crippen molar-refractivity contribution in [1.29, 1.82) is 0 Å². The van der Waals surface area contributed by atoms with Crippen molar-refractivity contribution in [2.75, 3.05) is 0 Å². The number of nitro groups is 2. The molecule has 0 aliphatic heterocycles. The molecule has 4 aromatic carbocycles. The van der Waals surface area contributed by atoms with Crippen LogP contribution in [0.25, 0.3) is 0 Å². The van der Waals surface area contributed by atoms with Crippen LogP contribution in [0.1, 0.15) is 24.0 Å². The lowest BCUT2D eigenvalue weighted by Gasteiger charge is -2.12. The summed E-state index contributed by atoms with van der Waals surface area (Å²) >= 11 is 0. The summed E-state index contributed by atoms with van der Waals surface area (Å²) < 4.78 is 11.7. The predicted octanol–water partition coefficient (Wildman–Crippen LogP) is 7.22. The van der Waals surface area contributed by atoms with Crippen molar-refractivity contribution in [2.24, 2.45) is 0 Å². The van der Waals surface area contributed by atoms with Crippen molar-refractivity contribution in [1.82, 2.24) is 0 Å². The van der Waals surface area contributed by atoms with E-state index in [1.807, 2.05) is 12.1 Å². The van der Waals surface area contributed by atoms with Crippen LogP contribution in [0.2, 0.25) is 0 Å². The number of nitrogens with zero attached hydrogens (tertiary/aromatic N) is 2. The highest BCUT2D eigenvalue weighted by Crippen LogP contribution is 2.35. The van der Waals surface area contributed by atoms with Crippen molar-refractivity contribution in [3.05, 3.63) is 128 Å². The number of nitro benzene ring substituents is 2. The lowest BCUT2D eigenvalue weighted by atomic mass is 9.99. The van der Waals surface area contributed by atoms with Gasteiger partial charge in [0.1, 0.15) is 28.8 Å². The molecule has 4 aromatic rings. The van der Waals surface area contributed by atoms with Gasteiger partial charge in [-0.25, -0.2) is 0 Å². The molecule has 0 N–H and O–H groups in total. The minimum atomic E-state index is -0.502. The van der Waals surface area contributed by atoms with E-state index in [4.69, 9.17) is 9.47 Å². The molecular formula is C29H24N2O7. The monoisotopic (exact) mass is 512 g/mol. The zero-order valence-electron chi connectivity index (χ0n) is 20.3. The van der Waals surface area contributed by atoms with E-state index >= 15 is 0 Å². The Labute approximate surface area is 218 Å². The van der Waals surface area contributed by atoms with Gasteiger partial charge in [-0.2, -0.15) is 0 Å². The minimum absolute atomic E-state index is 0.00547. The van der Waals surface area contributed by atoms with E-state index in [2.05, 4.69) is 0 Å². The average molecular weight is 513 g/mol. The quantitative estimate of drug-likeness (QED) is 0.145. The summed E-state index contributed by atoms with van der Waals surface area (Å²) in [5, 5.41) is 23.3. The normalized spacial score (nSPS) is 10.5. The third-order valence-corrected chi connectivity index (χ3v) is 5.86. The van der Waals surface area contributed by atoms with Crippen molar-refractivity contribution < 1.29 is 24.1 Å². The van der Waals surface area contributed by atoms with Crippen LogP contribution in [-0.4, -0.2) is 15.6 Å². The number of ketones is 1.